The Labute approximate surface area is 128 Å². The summed E-state index contributed by atoms with van der Waals surface area (Å²) in [6.45, 7) is 5.25. The molecule has 4 atom stereocenters. The van der Waals surface area contributed by atoms with E-state index in [1.54, 1.807) is 32.0 Å². The smallest absolute Gasteiger partial charge is 0.338 e. The van der Waals surface area contributed by atoms with Crippen molar-refractivity contribution >= 4 is 5.97 Å². The van der Waals surface area contributed by atoms with Gasteiger partial charge in [-0.25, -0.2) is 9.18 Å². The lowest BCUT2D eigenvalue weighted by Crippen LogP contribution is -2.33. The van der Waals surface area contributed by atoms with E-state index < -0.39 is 36.4 Å². The van der Waals surface area contributed by atoms with Gasteiger partial charge in [-0.05, 0) is 32.9 Å². The van der Waals surface area contributed by atoms with Crippen molar-refractivity contribution in [2.24, 2.45) is 0 Å². The number of carbonyl (C=O) groups excluding carboxylic acids is 1. The van der Waals surface area contributed by atoms with Gasteiger partial charge in [-0.3, -0.25) is 0 Å². The lowest BCUT2D eigenvalue weighted by molar-refractivity contribution is -0.207. The van der Waals surface area contributed by atoms with Gasteiger partial charge in [0, 0.05) is 0 Å². The summed E-state index contributed by atoms with van der Waals surface area (Å²) < 4.78 is 35.3. The van der Waals surface area contributed by atoms with Crippen LogP contribution in [0.25, 0.3) is 0 Å². The minimum Gasteiger partial charge on any atom is -0.459 e. The number of esters is 1. The van der Waals surface area contributed by atoms with Gasteiger partial charge in [-0.15, -0.1) is 0 Å². The largest absolute Gasteiger partial charge is 0.459 e. The van der Waals surface area contributed by atoms with Crippen molar-refractivity contribution in [3.05, 3.63) is 35.4 Å². The van der Waals surface area contributed by atoms with Crippen molar-refractivity contribution in [1.82, 2.24) is 0 Å². The van der Waals surface area contributed by atoms with E-state index in [2.05, 4.69) is 0 Å². The van der Waals surface area contributed by atoms with Gasteiger partial charge < -0.3 is 18.9 Å². The fraction of sp³-hybridized carbons (Fsp3) is 0.562. The summed E-state index contributed by atoms with van der Waals surface area (Å²) in [6, 6.07) is 7.07. The van der Waals surface area contributed by atoms with Gasteiger partial charge in [0.05, 0.1) is 5.56 Å². The minimum atomic E-state index is -1.57. The number of hydrogen-bond acceptors (Lipinski definition) is 5. The van der Waals surface area contributed by atoms with Crippen molar-refractivity contribution < 1.29 is 28.1 Å². The van der Waals surface area contributed by atoms with Crippen LogP contribution in [0, 0.1) is 6.92 Å². The number of fused-ring (bicyclic) bond motifs is 1. The molecule has 0 unspecified atom stereocenters. The molecule has 0 bridgehead atoms. The van der Waals surface area contributed by atoms with Crippen molar-refractivity contribution in [2.45, 2.75) is 51.2 Å². The Morgan fingerprint density at radius 2 is 2.05 bits per heavy atom. The van der Waals surface area contributed by atoms with Crippen LogP contribution in [0.4, 0.5) is 4.39 Å². The topological polar surface area (TPSA) is 54.0 Å². The lowest BCUT2D eigenvalue weighted by Gasteiger charge is -2.22. The van der Waals surface area contributed by atoms with Crippen molar-refractivity contribution in [3.8, 4) is 0 Å². The van der Waals surface area contributed by atoms with E-state index in [-0.39, 0.29) is 6.61 Å². The Bertz CT molecular complexity index is 573. The molecule has 0 radical (unpaired) electrons. The second-order valence-electron chi connectivity index (χ2n) is 6.06. The molecule has 2 heterocycles. The summed E-state index contributed by atoms with van der Waals surface area (Å²) in [6.07, 6.45) is -3.60. The molecule has 1 aromatic carbocycles. The first-order valence-electron chi connectivity index (χ1n) is 7.25. The van der Waals surface area contributed by atoms with E-state index in [1.807, 2.05) is 13.0 Å². The third-order valence-corrected chi connectivity index (χ3v) is 3.73. The van der Waals surface area contributed by atoms with Crippen LogP contribution in [-0.2, 0) is 18.9 Å². The molecular formula is C16H19FO5. The van der Waals surface area contributed by atoms with E-state index in [1.165, 1.54) is 0 Å². The average Bonchev–Trinajstić information content (AvgIpc) is 2.91. The number of halogens is 1. The van der Waals surface area contributed by atoms with Crippen LogP contribution in [-0.4, -0.2) is 43.0 Å². The van der Waals surface area contributed by atoms with Crippen LogP contribution < -0.4 is 0 Å². The highest BCUT2D eigenvalue weighted by Crippen LogP contribution is 2.39. The second-order valence-corrected chi connectivity index (χ2v) is 6.06. The lowest BCUT2D eigenvalue weighted by atomic mass is 10.1. The zero-order valence-corrected chi connectivity index (χ0v) is 12.7. The fourth-order valence-corrected chi connectivity index (χ4v) is 2.78. The van der Waals surface area contributed by atoms with Crippen LogP contribution in [0.5, 0.6) is 0 Å². The molecule has 2 aliphatic rings. The molecule has 0 saturated carbocycles. The molecule has 1 aromatic rings. The first-order chi connectivity index (χ1) is 10.4. The summed E-state index contributed by atoms with van der Waals surface area (Å²) in [7, 11) is 0. The van der Waals surface area contributed by atoms with Crippen LogP contribution in [0.3, 0.4) is 0 Å². The highest BCUT2D eigenvalue weighted by atomic mass is 19.1. The normalized spacial score (nSPS) is 32.7. The molecule has 2 aliphatic heterocycles. The van der Waals surface area contributed by atoms with Crippen LogP contribution in [0.2, 0.25) is 0 Å². The Balaban J connectivity index is 1.61. The number of carbonyl (C=O) groups is 1. The number of benzene rings is 1. The minimum absolute atomic E-state index is 0.0756. The Kier molecular flexibility index (Phi) is 3.92. The quantitative estimate of drug-likeness (QED) is 0.802. The highest BCUT2D eigenvalue weighted by molar-refractivity contribution is 5.89. The first-order valence-corrected chi connectivity index (χ1v) is 7.25. The van der Waals surface area contributed by atoms with Gasteiger partial charge in [-0.1, -0.05) is 17.7 Å². The molecule has 22 heavy (non-hydrogen) atoms. The Morgan fingerprint density at radius 1 is 1.32 bits per heavy atom. The van der Waals surface area contributed by atoms with E-state index in [4.69, 9.17) is 18.9 Å². The van der Waals surface area contributed by atoms with Gasteiger partial charge in [-0.2, -0.15) is 0 Å². The molecule has 5 nitrogen and oxygen atoms in total. The van der Waals surface area contributed by atoms with Gasteiger partial charge in [0.2, 0.25) is 6.36 Å². The van der Waals surface area contributed by atoms with Gasteiger partial charge >= 0.3 is 5.97 Å². The standard InChI is InChI=1S/C16H19FO5/c1-9-5-4-6-10(7-9)15(18)19-8-11-12-13(14(17)20-11)22-16(2,3)21-12/h4-7,11-14H,8H2,1-3H3/t11-,12-,13-,14-/m1/s1. The first kappa shape index (κ1) is 15.4. The summed E-state index contributed by atoms with van der Waals surface area (Å²) in [5.41, 5.74) is 1.42. The van der Waals surface area contributed by atoms with Gasteiger partial charge in [0.15, 0.2) is 5.79 Å². The maximum atomic E-state index is 13.8. The van der Waals surface area contributed by atoms with Crippen molar-refractivity contribution in [2.75, 3.05) is 6.61 Å². The molecule has 0 spiro atoms. The van der Waals surface area contributed by atoms with Crippen LogP contribution in [0.1, 0.15) is 29.8 Å². The number of rotatable bonds is 3. The van der Waals surface area contributed by atoms with E-state index >= 15 is 0 Å². The molecule has 6 heteroatoms. The molecule has 0 aromatic heterocycles. The Morgan fingerprint density at radius 3 is 2.77 bits per heavy atom. The molecule has 0 N–H and O–H groups in total. The third-order valence-electron chi connectivity index (χ3n) is 3.73. The molecular weight excluding hydrogens is 291 g/mol. The molecule has 2 fully saturated rings. The number of hydrogen-bond donors (Lipinski definition) is 0. The zero-order valence-electron chi connectivity index (χ0n) is 12.7. The summed E-state index contributed by atoms with van der Waals surface area (Å²) in [4.78, 5) is 12.0. The molecule has 0 amide bonds. The molecule has 3 rings (SSSR count). The van der Waals surface area contributed by atoms with Crippen LogP contribution in [0.15, 0.2) is 24.3 Å². The average molecular weight is 310 g/mol. The Hall–Kier alpha value is -1.50. The third kappa shape index (κ3) is 2.99. The molecule has 0 aliphatic carbocycles. The van der Waals surface area contributed by atoms with Gasteiger partial charge in [0.1, 0.15) is 24.9 Å². The van der Waals surface area contributed by atoms with E-state index in [0.29, 0.717) is 5.56 Å². The maximum absolute atomic E-state index is 13.8. The molecule has 120 valence electrons. The van der Waals surface area contributed by atoms with Crippen LogP contribution >= 0.6 is 0 Å². The number of alkyl halides is 1. The summed E-state index contributed by atoms with van der Waals surface area (Å²) in [5.74, 6) is -1.33. The number of ether oxygens (including phenoxy) is 4. The SMILES string of the molecule is Cc1cccc(C(=O)OC[C@H]2O[C@@H](F)[C@@H]3OC(C)(C)O[C@@H]32)c1. The molecule has 2 saturated heterocycles. The fourth-order valence-electron chi connectivity index (χ4n) is 2.78. The summed E-state index contributed by atoms with van der Waals surface area (Å²) in [5, 5.41) is 0. The number of aryl methyl sites for hydroxylation is 1. The van der Waals surface area contributed by atoms with E-state index in [9.17, 15) is 9.18 Å². The monoisotopic (exact) mass is 310 g/mol. The highest BCUT2D eigenvalue weighted by Gasteiger charge is 2.56. The van der Waals surface area contributed by atoms with Crippen molar-refractivity contribution in [3.63, 3.8) is 0 Å². The predicted octanol–water partition coefficient (Wildman–Crippen LogP) is 2.37. The predicted molar refractivity (Wildman–Crippen MR) is 75.1 cm³/mol. The van der Waals surface area contributed by atoms with Crippen molar-refractivity contribution in [1.29, 1.82) is 0 Å². The summed E-state index contributed by atoms with van der Waals surface area (Å²) >= 11 is 0. The van der Waals surface area contributed by atoms with E-state index in [0.717, 1.165) is 5.56 Å². The zero-order chi connectivity index (χ0) is 15.9. The van der Waals surface area contributed by atoms with Gasteiger partial charge in [0.25, 0.3) is 0 Å². The maximum Gasteiger partial charge on any atom is 0.338 e. The second kappa shape index (κ2) is 5.61.